The summed E-state index contributed by atoms with van der Waals surface area (Å²) in [5.74, 6) is 0. The minimum atomic E-state index is 1.26. The van der Waals surface area contributed by atoms with Gasteiger partial charge in [-0.1, -0.05) is 66.7 Å². The van der Waals surface area contributed by atoms with Crippen molar-refractivity contribution in [3.8, 4) is 22.3 Å². The summed E-state index contributed by atoms with van der Waals surface area (Å²) in [5, 5.41) is 2.14. The average Bonchev–Trinajstić information content (AvgIpc) is 3.41. The second-order valence-corrected chi connectivity index (χ2v) is 5.31. The van der Waals surface area contributed by atoms with Crippen molar-refractivity contribution in [2.24, 2.45) is 0 Å². The highest BCUT2D eigenvalue weighted by molar-refractivity contribution is 5.72. The molecule has 1 aliphatic rings. The molecule has 3 aromatic carbocycles. The van der Waals surface area contributed by atoms with E-state index in [0.717, 1.165) is 0 Å². The fourth-order valence-electron chi connectivity index (χ4n) is 2.57. The fourth-order valence-corrected chi connectivity index (χ4v) is 2.57. The monoisotopic (exact) mass is 270 g/mol. The van der Waals surface area contributed by atoms with Gasteiger partial charge in [-0.25, -0.2) is 0 Å². The number of hydrogen-bond acceptors (Lipinski definition) is 0. The second kappa shape index (κ2) is 5.04. The lowest BCUT2D eigenvalue weighted by Gasteiger charge is -2.05. The fraction of sp³-hybridized carbons (Fsp3) is 0. The van der Waals surface area contributed by atoms with Gasteiger partial charge in [0.05, 0.1) is 0 Å². The summed E-state index contributed by atoms with van der Waals surface area (Å²) in [6, 6.07) is 28.0. The van der Waals surface area contributed by atoms with E-state index in [1.54, 1.807) is 0 Å². The van der Waals surface area contributed by atoms with Crippen molar-refractivity contribution in [1.29, 1.82) is 0 Å². The van der Waals surface area contributed by atoms with Crippen LogP contribution in [-0.2, 0) is 0 Å². The van der Waals surface area contributed by atoms with Gasteiger partial charge in [-0.05, 0) is 34.4 Å². The van der Waals surface area contributed by atoms with Gasteiger partial charge in [0.1, 0.15) is 0 Å². The Hall–Kier alpha value is -2.64. The maximum absolute atomic E-state index is 2.19. The molecule has 1 aliphatic heterocycles. The van der Waals surface area contributed by atoms with Crippen LogP contribution in [0.2, 0.25) is 0 Å². The molecule has 0 fully saturated rings. The van der Waals surface area contributed by atoms with Gasteiger partial charge in [0.2, 0.25) is 0 Å². The molecule has 0 aromatic heterocycles. The largest absolute Gasteiger partial charge is 0.278 e. The SMILES string of the molecule is C1=C(c2ccc(-c3ccc(-c4ccccc4)cc3)cc2)[NH2+]1. The first-order valence-corrected chi connectivity index (χ1v) is 7.21. The van der Waals surface area contributed by atoms with E-state index in [4.69, 9.17) is 0 Å². The minimum absolute atomic E-state index is 1.26. The summed E-state index contributed by atoms with van der Waals surface area (Å²) in [5.41, 5.74) is 7.69. The lowest BCUT2D eigenvalue weighted by Crippen LogP contribution is -2.57. The van der Waals surface area contributed by atoms with E-state index >= 15 is 0 Å². The predicted molar refractivity (Wildman–Crippen MR) is 87.2 cm³/mol. The third-order valence-corrected chi connectivity index (χ3v) is 3.88. The van der Waals surface area contributed by atoms with E-state index in [2.05, 4.69) is 84.3 Å². The van der Waals surface area contributed by atoms with Crippen LogP contribution in [-0.4, -0.2) is 0 Å². The van der Waals surface area contributed by atoms with Gasteiger partial charge in [-0.3, -0.25) is 5.32 Å². The first kappa shape index (κ1) is 12.1. The molecule has 4 rings (SSSR count). The lowest BCUT2D eigenvalue weighted by atomic mass is 9.99. The van der Waals surface area contributed by atoms with E-state index in [0.29, 0.717) is 0 Å². The van der Waals surface area contributed by atoms with Gasteiger partial charge in [0.15, 0.2) is 11.9 Å². The molecular weight excluding hydrogens is 254 g/mol. The van der Waals surface area contributed by atoms with Crippen LogP contribution in [0, 0.1) is 0 Å². The van der Waals surface area contributed by atoms with Crippen molar-refractivity contribution in [2.45, 2.75) is 0 Å². The molecule has 100 valence electrons. The van der Waals surface area contributed by atoms with E-state index in [9.17, 15) is 0 Å². The van der Waals surface area contributed by atoms with Crippen molar-refractivity contribution >= 4 is 5.70 Å². The van der Waals surface area contributed by atoms with Crippen molar-refractivity contribution in [2.75, 3.05) is 0 Å². The number of quaternary nitrogens is 1. The first-order valence-electron chi connectivity index (χ1n) is 7.21. The maximum Gasteiger partial charge on any atom is 0.195 e. The molecule has 0 aliphatic carbocycles. The zero-order chi connectivity index (χ0) is 14.1. The van der Waals surface area contributed by atoms with E-state index in [1.165, 1.54) is 33.5 Å². The van der Waals surface area contributed by atoms with E-state index in [-0.39, 0.29) is 0 Å². The molecule has 1 nitrogen and oxygen atoms in total. The zero-order valence-electron chi connectivity index (χ0n) is 11.7. The molecular formula is C20H16N+. The summed E-state index contributed by atoms with van der Waals surface area (Å²) in [7, 11) is 0. The van der Waals surface area contributed by atoms with Gasteiger partial charge in [0.25, 0.3) is 0 Å². The second-order valence-electron chi connectivity index (χ2n) is 5.31. The molecule has 0 radical (unpaired) electrons. The van der Waals surface area contributed by atoms with Crippen LogP contribution in [0.3, 0.4) is 0 Å². The van der Waals surface area contributed by atoms with Crippen LogP contribution in [0.5, 0.6) is 0 Å². The predicted octanol–water partition coefficient (Wildman–Crippen LogP) is 3.90. The van der Waals surface area contributed by atoms with Crippen LogP contribution < -0.4 is 5.32 Å². The minimum Gasteiger partial charge on any atom is -0.278 e. The molecule has 0 amide bonds. The van der Waals surface area contributed by atoms with Gasteiger partial charge >= 0.3 is 0 Å². The number of rotatable bonds is 3. The van der Waals surface area contributed by atoms with Crippen LogP contribution in [0.25, 0.3) is 28.0 Å². The normalized spacial score (nSPS) is 12.9. The van der Waals surface area contributed by atoms with Gasteiger partial charge < -0.3 is 0 Å². The number of nitrogens with two attached hydrogens (primary N) is 1. The van der Waals surface area contributed by atoms with E-state index in [1.807, 2.05) is 6.07 Å². The Labute approximate surface area is 124 Å². The standard InChI is InChI=1S/C20H15N/c1-2-4-15(5-3-1)16-6-8-17(9-7-16)18-10-12-19(13-11-18)20-14-21-20/h1-14,21H/p+1. The van der Waals surface area contributed by atoms with E-state index < -0.39 is 0 Å². The highest BCUT2D eigenvalue weighted by Crippen LogP contribution is 2.25. The third-order valence-electron chi connectivity index (χ3n) is 3.88. The molecule has 1 heteroatoms. The molecule has 21 heavy (non-hydrogen) atoms. The van der Waals surface area contributed by atoms with Crippen molar-refractivity contribution in [3.05, 3.63) is 90.6 Å². The Morgan fingerprint density at radius 2 is 0.810 bits per heavy atom. The zero-order valence-corrected chi connectivity index (χ0v) is 11.7. The number of hydrogen-bond donors (Lipinski definition) is 1. The topological polar surface area (TPSA) is 16.6 Å². The van der Waals surface area contributed by atoms with Gasteiger partial charge in [-0.2, -0.15) is 0 Å². The van der Waals surface area contributed by atoms with Crippen LogP contribution in [0.1, 0.15) is 5.56 Å². The van der Waals surface area contributed by atoms with Crippen LogP contribution in [0.4, 0.5) is 0 Å². The summed E-state index contributed by atoms with van der Waals surface area (Å²) in [6.45, 7) is 0. The van der Waals surface area contributed by atoms with Crippen molar-refractivity contribution in [3.63, 3.8) is 0 Å². The Kier molecular flexibility index (Phi) is 2.91. The van der Waals surface area contributed by atoms with Crippen LogP contribution in [0.15, 0.2) is 85.1 Å². The smallest absolute Gasteiger partial charge is 0.195 e. The lowest BCUT2D eigenvalue weighted by molar-refractivity contribution is -0.411. The first-order chi connectivity index (χ1) is 10.4. The maximum atomic E-state index is 2.19. The van der Waals surface area contributed by atoms with Gasteiger partial charge in [-0.15, -0.1) is 0 Å². The Morgan fingerprint density at radius 3 is 1.24 bits per heavy atom. The highest BCUT2D eigenvalue weighted by atomic mass is 15.0. The molecule has 0 spiro atoms. The molecule has 0 saturated carbocycles. The number of benzene rings is 3. The van der Waals surface area contributed by atoms with Crippen molar-refractivity contribution in [1.82, 2.24) is 0 Å². The Morgan fingerprint density at radius 1 is 0.429 bits per heavy atom. The summed E-state index contributed by atoms with van der Waals surface area (Å²) >= 11 is 0. The molecule has 0 unspecified atom stereocenters. The molecule has 0 saturated heterocycles. The summed E-state index contributed by atoms with van der Waals surface area (Å²) in [6.07, 6.45) is 2.14. The third kappa shape index (κ3) is 2.51. The molecule has 2 N–H and O–H groups in total. The summed E-state index contributed by atoms with van der Waals surface area (Å²) < 4.78 is 0. The Bertz CT molecular complexity index is 782. The quantitative estimate of drug-likeness (QED) is 0.743. The molecule has 0 atom stereocenters. The molecule has 1 heterocycles. The highest BCUT2D eigenvalue weighted by Gasteiger charge is 2.16. The van der Waals surface area contributed by atoms with Crippen molar-refractivity contribution < 1.29 is 5.32 Å². The Balaban J connectivity index is 1.62. The van der Waals surface area contributed by atoms with Crippen LogP contribution >= 0.6 is 0 Å². The van der Waals surface area contributed by atoms with Gasteiger partial charge in [0, 0.05) is 5.56 Å². The average molecular weight is 270 g/mol. The summed E-state index contributed by atoms with van der Waals surface area (Å²) in [4.78, 5) is 0. The molecule has 3 aromatic rings. The molecule has 0 bridgehead atoms.